The molecule has 7 heteroatoms. The van der Waals surface area contributed by atoms with Crippen molar-refractivity contribution in [3.63, 3.8) is 0 Å². The van der Waals surface area contributed by atoms with Gasteiger partial charge in [-0.15, -0.1) is 0 Å². The maximum atomic E-state index is 12.2. The summed E-state index contributed by atoms with van der Waals surface area (Å²) >= 11 is 5.93. The predicted octanol–water partition coefficient (Wildman–Crippen LogP) is 1.15. The highest BCUT2D eigenvalue weighted by Crippen LogP contribution is 2.27. The number of nitrogens with one attached hydrogen (secondary N) is 1. The molecule has 3 N–H and O–H groups in total. The summed E-state index contributed by atoms with van der Waals surface area (Å²) in [6.07, 6.45) is 0.997. The molecule has 1 aromatic carbocycles. The lowest BCUT2D eigenvalue weighted by Crippen LogP contribution is -2.31. The summed E-state index contributed by atoms with van der Waals surface area (Å²) < 4.78 is 27.0. The Bertz CT molecular complexity index is 542. The highest BCUT2D eigenvalue weighted by Gasteiger charge is 2.25. The van der Waals surface area contributed by atoms with Crippen LogP contribution in [0.25, 0.3) is 0 Å². The van der Waals surface area contributed by atoms with Crippen LogP contribution in [0, 0.1) is 5.92 Å². The van der Waals surface area contributed by atoms with Crippen LogP contribution in [-0.4, -0.2) is 40.0 Å². The lowest BCUT2D eigenvalue weighted by molar-refractivity contribution is 0.394. The van der Waals surface area contributed by atoms with E-state index in [0.29, 0.717) is 12.5 Å². The molecular formula is C12H18ClN3O2S. The van der Waals surface area contributed by atoms with E-state index in [2.05, 4.69) is 9.62 Å². The van der Waals surface area contributed by atoms with Crippen molar-refractivity contribution in [1.82, 2.24) is 9.62 Å². The van der Waals surface area contributed by atoms with E-state index in [4.69, 9.17) is 17.3 Å². The molecule has 1 saturated heterocycles. The average molecular weight is 304 g/mol. The molecule has 1 aromatic rings. The van der Waals surface area contributed by atoms with Gasteiger partial charge >= 0.3 is 0 Å². The minimum atomic E-state index is -3.65. The molecule has 0 aliphatic carbocycles. The number of hydrogen-bond acceptors (Lipinski definition) is 4. The first-order valence-electron chi connectivity index (χ1n) is 6.12. The molecular weight excluding hydrogens is 286 g/mol. The molecule has 2 rings (SSSR count). The molecule has 0 radical (unpaired) electrons. The Hall–Kier alpha value is -0.820. The summed E-state index contributed by atoms with van der Waals surface area (Å²) in [5, 5.41) is 0.149. The predicted molar refractivity (Wildman–Crippen MR) is 76.7 cm³/mol. The maximum absolute atomic E-state index is 12.2. The largest absolute Gasteiger partial charge is 0.398 e. The highest BCUT2D eigenvalue weighted by molar-refractivity contribution is 7.89. The van der Waals surface area contributed by atoms with Crippen molar-refractivity contribution >= 4 is 27.3 Å². The smallest absolute Gasteiger partial charge is 0.244 e. The standard InChI is InChI=1S/C12H18ClN3O2S/c1-16-6-5-9(8-16)7-15-19(17,18)12-10(13)3-2-4-11(12)14/h2-4,9,15H,5-8,14H2,1H3. The van der Waals surface area contributed by atoms with E-state index in [9.17, 15) is 8.42 Å². The number of rotatable bonds is 4. The fraction of sp³-hybridized carbons (Fsp3) is 0.500. The van der Waals surface area contributed by atoms with Crippen LogP contribution in [0.1, 0.15) is 6.42 Å². The Morgan fingerprint density at radius 2 is 2.26 bits per heavy atom. The monoisotopic (exact) mass is 303 g/mol. The second kappa shape index (κ2) is 5.66. The topological polar surface area (TPSA) is 75.4 Å². The van der Waals surface area contributed by atoms with Crippen LogP contribution in [0.15, 0.2) is 23.1 Å². The molecule has 1 atom stereocenters. The van der Waals surface area contributed by atoms with Gasteiger partial charge in [0.05, 0.1) is 10.7 Å². The Morgan fingerprint density at radius 1 is 1.53 bits per heavy atom. The average Bonchev–Trinajstić information content (AvgIpc) is 2.72. The van der Waals surface area contributed by atoms with Gasteiger partial charge in [0.15, 0.2) is 0 Å². The molecule has 0 bridgehead atoms. The molecule has 1 unspecified atom stereocenters. The van der Waals surface area contributed by atoms with Crippen molar-refractivity contribution in [2.75, 3.05) is 32.4 Å². The summed E-state index contributed by atoms with van der Waals surface area (Å²) in [7, 11) is -1.62. The normalized spacial score (nSPS) is 20.8. The molecule has 1 fully saturated rings. The van der Waals surface area contributed by atoms with Crippen LogP contribution >= 0.6 is 11.6 Å². The van der Waals surface area contributed by atoms with Gasteiger partial charge < -0.3 is 10.6 Å². The third-order valence-corrected chi connectivity index (χ3v) is 5.28. The second-order valence-electron chi connectivity index (χ2n) is 4.93. The lowest BCUT2D eigenvalue weighted by Gasteiger charge is -2.14. The van der Waals surface area contributed by atoms with Gasteiger partial charge in [0.2, 0.25) is 10.0 Å². The quantitative estimate of drug-likeness (QED) is 0.818. The fourth-order valence-corrected chi connectivity index (χ4v) is 4.09. The number of nitrogens with two attached hydrogens (primary N) is 1. The number of hydrogen-bond donors (Lipinski definition) is 2. The third kappa shape index (κ3) is 3.39. The molecule has 1 heterocycles. The summed E-state index contributed by atoms with van der Waals surface area (Å²) in [6, 6.07) is 4.68. The number of benzene rings is 1. The Morgan fingerprint density at radius 3 is 2.84 bits per heavy atom. The van der Waals surface area contributed by atoms with Gasteiger partial charge in [0, 0.05) is 13.1 Å². The molecule has 1 aliphatic heterocycles. The molecule has 1 aliphatic rings. The summed E-state index contributed by atoms with van der Waals surface area (Å²) in [5.74, 6) is 0.337. The van der Waals surface area contributed by atoms with Crippen LogP contribution in [0.2, 0.25) is 5.02 Å². The minimum Gasteiger partial charge on any atom is -0.398 e. The van der Waals surface area contributed by atoms with Crippen LogP contribution in [0.4, 0.5) is 5.69 Å². The van der Waals surface area contributed by atoms with Crippen molar-refractivity contribution in [1.29, 1.82) is 0 Å². The van der Waals surface area contributed by atoms with E-state index >= 15 is 0 Å². The van der Waals surface area contributed by atoms with Gasteiger partial charge in [-0.2, -0.15) is 0 Å². The minimum absolute atomic E-state index is 0.0250. The molecule has 0 saturated carbocycles. The van der Waals surface area contributed by atoms with Crippen LogP contribution in [0.3, 0.4) is 0 Å². The molecule has 0 aromatic heterocycles. The molecule has 0 amide bonds. The van der Waals surface area contributed by atoms with Gasteiger partial charge in [-0.3, -0.25) is 0 Å². The van der Waals surface area contributed by atoms with E-state index < -0.39 is 10.0 Å². The number of anilines is 1. The second-order valence-corrected chi connectivity index (χ2v) is 7.04. The van der Waals surface area contributed by atoms with Crippen molar-refractivity contribution < 1.29 is 8.42 Å². The van der Waals surface area contributed by atoms with Crippen LogP contribution in [-0.2, 0) is 10.0 Å². The number of halogens is 1. The zero-order valence-corrected chi connectivity index (χ0v) is 12.3. The molecule has 0 spiro atoms. The van der Waals surface area contributed by atoms with E-state index in [1.54, 1.807) is 6.07 Å². The van der Waals surface area contributed by atoms with Crippen LogP contribution in [0.5, 0.6) is 0 Å². The van der Waals surface area contributed by atoms with E-state index in [0.717, 1.165) is 19.5 Å². The first kappa shape index (κ1) is 14.6. The molecule has 5 nitrogen and oxygen atoms in total. The number of likely N-dealkylation sites (tertiary alicyclic amines) is 1. The van der Waals surface area contributed by atoms with Crippen molar-refractivity contribution in [2.24, 2.45) is 5.92 Å². The molecule has 19 heavy (non-hydrogen) atoms. The van der Waals surface area contributed by atoms with Gasteiger partial charge in [-0.05, 0) is 38.1 Å². The van der Waals surface area contributed by atoms with Crippen LogP contribution < -0.4 is 10.5 Å². The number of nitrogens with zero attached hydrogens (tertiary/aromatic N) is 1. The van der Waals surface area contributed by atoms with Crippen molar-refractivity contribution in [2.45, 2.75) is 11.3 Å². The molecule has 106 valence electrons. The SMILES string of the molecule is CN1CCC(CNS(=O)(=O)c2c(N)cccc2Cl)C1. The Balaban J connectivity index is 2.10. The summed E-state index contributed by atoms with van der Waals surface area (Å²) in [5.41, 5.74) is 5.87. The lowest BCUT2D eigenvalue weighted by atomic mass is 10.1. The maximum Gasteiger partial charge on any atom is 0.244 e. The van der Waals surface area contributed by atoms with E-state index in [-0.39, 0.29) is 15.6 Å². The van der Waals surface area contributed by atoms with Crippen molar-refractivity contribution in [3.05, 3.63) is 23.2 Å². The third-order valence-electron chi connectivity index (χ3n) is 3.32. The first-order chi connectivity index (χ1) is 8.90. The summed E-state index contributed by atoms with van der Waals surface area (Å²) in [6.45, 7) is 2.32. The van der Waals surface area contributed by atoms with Gasteiger partial charge in [-0.1, -0.05) is 17.7 Å². The number of nitrogen functional groups attached to an aromatic ring is 1. The van der Waals surface area contributed by atoms with Crippen molar-refractivity contribution in [3.8, 4) is 0 Å². The van der Waals surface area contributed by atoms with Gasteiger partial charge in [0.1, 0.15) is 4.90 Å². The zero-order valence-electron chi connectivity index (χ0n) is 10.8. The first-order valence-corrected chi connectivity index (χ1v) is 7.98. The Labute approximate surface area is 118 Å². The highest BCUT2D eigenvalue weighted by atomic mass is 35.5. The van der Waals surface area contributed by atoms with E-state index in [1.807, 2.05) is 7.05 Å². The van der Waals surface area contributed by atoms with Gasteiger partial charge in [0.25, 0.3) is 0 Å². The zero-order chi connectivity index (χ0) is 14.0. The van der Waals surface area contributed by atoms with E-state index in [1.165, 1.54) is 12.1 Å². The fourth-order valence-electron chi connectivity index (χ4n) is 2.30. The Kier molecular flexibility index (Phi) is 4.35. The van der Waals surface area contributed by atoms with Gasteiger partial charge in [-0.25, -0.2) is 13.1 Å². The number of sulfonamides is 1. The summed E-state index contributed by atoms with van der Waals surface area (Å²) in [4.78, 5) is 2.16.